The highest BCUT2D eigenvalue weighted by Crippen LogP contribution is 2.28. The standard InChI is InChI=1S/C8H10N6OS/c1-5-6(4-15)7(13(2)10-5)16-8-9-11-12-14(8)3/h4H,1-3H3. The second-order valence-corrected chi connectivity index (χ2v) is 4.19. The number of aryl methyl sites for hydroxylation is 3. The zero-order valence-corrected chi connectivity index (χ0v) is 9.89. The topological polar surface area (TPSA) is 78.5 Å². The van der Waals surface area contributed by atoms with Crippen molar-refractivity contribution < 1.29 is 4.79 Å². The van der Waals surface area contributed by atoms with E-state index in [9.17, 15) is 4.79 Å². The van der Waals surface area contributed by atoms with Crippen LogP contribution in [0, 0.1) is 6.92 Å². The summed E-state index contributed by atoms with van der Waals surface area (Å²) in [5.41, 5.74) is 1.28. The molecule has 2 aromatic heterocycles. The highest BCUT2D eigenvalue weighted by molar-refractivity contribution is 7.99. The Morgan fingerprint density at radius 2 is 2.06 bits per heavy atom. The molecule has 0 N–H and O–H groups in total. The first kappa shape index (κ1) is 10.8. The lowest BCUT2D eigenvalue weighted by Crippen LogP contribution is -1.97. The van der Waals surface area contributed by atoms with Gasteiger partial charge in [-0.2, -0.15) is 5.10 Å². The molecule has 2 rings (SSSR count). The zero-order valence-electron chi connectivity index (χ0n) is 9.08. The van der Waals surface area contributed by atoms with Gasteiger partial charge in [0.05, 0.1) is 11.3 Å². The lowest BCUT2D eigenvalue weighted by atomic mass is 10.3. The Morgan fingerprint density at radius 3 is 2.62 bits per heavy atom. The molecular formula is C8H10N6OS. The predicted octanol–water partition coefficient (Wildman–Crippen LogP) is 0.216. The van der Waals surface area contributed by atoms with Crippen molar-refractivity contribution in [1.82, 2.24) is 30.0 Å². The number of hydrogen-bond acceptors (Lipinski definition) is 6. The van der Waals surface area contributed by atoms with Crippen LogP contribution in [-0.2, 0) is 14.1 Å². The molecule has 84 valence electrons. The molecule has 0 aromatic carbocycles. The van der Waals surface area contributed by atoms with Gasteiger partial charge in [-0.3, -0.25) is 9.48 Å². The van der Waals surface area contributed by atoms with Gasteiger partial charge in [-0.15, -0.1) is 5.10 Å². The van der Waals surface area contributed by atoms with Crippen LogP contribution in [0.3, 0.4) is 0 Å². The molecule has 0 atom stereocenters. The molecule has 16 heavy (non-hydrogen) atoms. The molecule has 0 unspecified atom stereocenters. The average Bonchev–Trinajstić information content (AvgIpc) is 2.74. The fourth-order valence-corrected chi connectivity index (χ4v) is 2.20. The number of aldehydes is 1. The van der Waals surface area contributed by atoms with Crippen LogP contribution < -0.4 is 0 Å². The smallest absolute Gasteiger partial charge is 0.215 e. The minimum Gasteiger partial charge on any atom is -0.298 e. The van der Waals surface area contributed by atoms with Gasteiger partial charge in [-0.05, 0) is 29.1 Å². The second-order valence-electron chi connectivity index (χ2n) is 3.23. The maximum atomic E-state index is 10.9. The average molecular weight is 238 g/mol. The molecule has 0 radical (unpaired) electrons. The van der Waals surface area contributed by atoms with Gasteiger partial charge in [0.15, 0.2) is 6.29 Å². The van der Waals surface area contributed by atoms with Crippen molar-refractivity contribution in [3.8, 4) is 0 Å². The molecule has 0 aliphatic rings. The molecule has 0 spiro atoms. The molecule has 0 saturated carbocycles. The highest BCUT2D eigenvalue weighted by Gasteiger charge is 2.16. The number of carbonyl (C=O) groups is 1. The van der Waals surface area contributed by atoms with E-state index in [4.69, 9.17) is 0 Å². The number of nitrogens with zero attached hydrogens (tertiary/aromatic N) is 6. The van der Waals surface area contributed by atoms with Crippen LogP contribution in [0.5, 0.6) is 0 Å². The lowest BCUT2D eigenvalue weighted by molar-refractivity contribution is 0.112. The number of tetrazole rings is 1. The number of hydrogen-bond donors (Lipinski definition) is 0. The van der Waals surface area contributed by atoms with Crippen molar-refractivity contribution in [2.24, 2.45) is 14.1 Å². The molecule has 0 fully saturated rings. The third-order valence-electron chi connectivity index (χ3n) is 2.10. The first-order chi connectivity index (χ1) is 7.63. The lowest BCUT2D eigenvalue weighted by Gasteiger charge is -2.00. The second kappa shape index (κ2) is 4.05. The summed E-state index contributed by atoms with van der Waals surface area (Å²) in [6, 6.07) is 0. The van der Waals surface area contributed by atoms with E-state index in [1.54, 1.807) is 30.4 Å². The van der Waals surface area contributed by atoms with Gasteiger partial charge in [-0.1, -0.05) is 0 Å². The van der Waals surface area contributed by atoms with Crippen LogP contribution in [0.25, 0.3) is 0 Å². The van der Waals surface area contributed by atoms with Gasteiger partial charge in [0, 0.05) is 14.1 Å². The summed E-state index contributed by atoms with van der Waals surface area (Å²) in [4.78, 5) is 10.9. The van der Waals surface area contributed by atoms with Crippen molar-refractivity contribution in [3.63, 3.8) is 0 Å². The summed E-state index contributed by atoms with van der Waals surface area (Å²) in [6.07, 6.45) is 0.800. The van der Waals surface area contributed by atoms with Crippen molar-refractivity contribution >= 4 is 18.0 Å². The quantitative estimate of drug-likeness (QED) is 0.711. The summed E-state index contributed by atoms with van der Waals surface area (Å²) in [6.45, 7) is 1.79. The molecule has 7 nitrogen and oxygen atoms in total. The van der Waals surface area contributed by atoms with Crippen LogP contribution in [0.15, 0.2) is 10.2 Å². The monoisotopic (exact) mass is 238 g/mol. The molecule has 0 aliphatic heterocycles. The highest BCUT2D eigenvalue weighted by atomic mass is 32.2. The molecule has 0 amide bonds. The third kappa shape index (κ3) is 1.71. The minimum atomic E-state index is 0.579. The van der Waals surface area contributed by atoms with Gasteiger partial charge in [0.25, 0.3) is 0 Å². The van der Waals surface area contributed by atoms with Gasteiger partial charge >= 0.3 is 0 Å². The van der Waals surface area contributed by atoms with Crippen LogP contribution in [0.1, 0.15) is 16.1 Å². The normalized spacial score (nSPS) is 10.7. The van der Waals surface area contributed by atoms with Crippen LogP contribution in [-0.4, -0.2) is 36.3 Å². The summed E-state index contributed by atoms with van der Waals surface area (Å²) in [5, 5.41) is 16.6. The molecule has 0 saturated heterocycles. The van der Waals surface area contributed by atoms with Gasteiger partial charge < -0.3 is 0 Å². The van der Waals surface area contributed by atoms with Gasteiger partial charge in [0.2, 0.25) is 5.16 Å². The number of aromatic nitrogens is 6. The molecule has 0 aliphatic carbocycles. The Labute approximate surface area is 95.8 Å². The van der Waals surface area contributed by atoms with Gasteiger partial charge in [0.1, 0.15) is 5.03 Å². The first-order valence-electron chi connectivity index (χ1n) is 4.52. The van der Waals surface area contributed by atoms with Crippen molar-refractivity contribution in [3.05, 3.63) is 11.3 Å². The Kier molecular flexibility index (Phi) is 2.73. The summed E-state index contributed by atoms with van der Waals surface area (Å²) < 4.78 is 3.19. The minimum absolute atomic E-state index is 0.579. The summed E-state index contributed by atoms with van der Waals surface area (Å²) >= 11 is 1.32. The summed E-state index contributed by atoms with van der Waals surface area (Å²) in [5.74, 6) is 0. The largest absolute Gasteiger partial charge is 0.298 e. The molecular weight excluding hydrogens is 228 g/mol. The molecule has 2 aromatic rings. The van der Waals surface area contributed by atoms with E-state index < -0.39 is 0 Å². The number of carbonyl (C=O) groups excluding carboxylic acids is 1. The predicted molar refractivity (Wildman–Crippen MR) is 56.3 cm³/mol. The number of rotatable bonds is 3. The Morgan fingerprint density at radius 1 is 1.31 bits per heavy atom. The Bertz CT molecular complexity index is 531. The third-order valence-corrected chi connectivity index (χ3v) is 3.31. The fraction of sp³-hybridized carbons (Fsp3) is 0.375. The van der Waals surface area contributed by atoms with E-state index in [2.05, 4.69) is 20.6 Å². The Hall–Kier alpha value is -1.70. The van der Waals surface area contributed by atoms with E-state index in [1.165, 1.54) is 11.8 Å². The van der Waals surface area contributed by atoms with Gasteiger partial charge in [-0.25, -0.2) is 4.68 Å². The van der Waals surface area contributed by atoms with Crippen LogP contribution >= 0.6 is 11.8 Å². The molecule has 8 heteroatoms. The van der Waals surface area contributed by atoms with Crippen LogP contribution in [0.4, 0.5) is 0 Å². The van der Waals surface area contributed by atoms with E-state index in [0.29, 0.717) is 16.4 Å². The van der Waals surface area contributed by atoms with Crippen molar-refractivity contribution in [1.29, 1.82) is 0 Å². The van der Waals surface area contributed by atoms with E-state index in [1.807, 2.05) is 0 Å². The molecule has 2 heterocycles. The van der Waals surface area contributed by atoms with E-state index in [0.717, 1.165) is 11.3 Å². The Balaban J connectivity index is 2.41. The maximum Gasteiger partial charge on any atom is 0.215 e. The van der Waals surface area contributed by atoms with E-state index in [-0.39, 0.29) is 0 Å². The maximum absolute atomic E-state index is 10.9. The van der Waals surface area contributed by atoms with Crippen molar-refractivity contribution in [2.45, 2.75) is 17.1 Å². The SMILES string of the molecule is Cc1nn(C)c(Sc2nnnn2C)c1C=O. The fourth-order valence-electron chi connectivity index (χ4n) is 1.30. The molecule has 0 bridgehead atoms. The summed E-state index contributed by atoms with van der Waals surface area (Å²) in [7, 11) is 3.53. The zero-order chi connectivity index (χ0) is 11.7. The van der Waals surface area contributed by atoms with E-state index >= 15 is 0 Å². The van der Waals surface area contributed by atoms with Crippen LogP contribution in [0.2, 0.25) is 0 Å². The van der Waals surface area contributed by atoms with Crippen molar-refractivity contribution in [2.75, 3.05) is 0 Å². The first-order valence-corrected chi connectivity index (χ1v) is 5.34.